The molecule has 7 nitrogen and oxygen atoms in total. The van der Waals surface area contributed by atoms with Crippen LogP contribution in [0.2, 0.25) is 0 Å². The third-order valence-corrected chi connectivity index (χ3v) is 6.91. The van der Waals surface area contributed by atoms with Crippen molar-refractivity contribution in [2.24, 2.45) is 17.8 Å². The van der Waals surface area contributed by atoms with Gasteiger partial charge in [-0.2, -0.15) is 0 Å². The Hall–Kier alpha value is -1.89. The number of hydrogen-bond acceptors (Lipinski definition) is 3. The molecule has 0 bridgehead atoms. The number of carboxylic acid groups (broad SMARTS) is 3. The number of carbonyl (C=O) groups is 3. The maximum atomic E-state index is 11.6. The summed E-state index contributed by atoms with van der Waals surface area (Å²) in [4.78, 5) is 34.7. The van der Waals surface area contributed by atoms with E-state index in [0.717, 1.165) is 12.8 Å². The molecule has 3 atom stereocenters. The lowest BCUT2D eigenvalue weighted by atomic mass is 10.0. The maximum absolute atomic E-state index is 11.6. The minimum Gasteiger partial charge on any atom is -0.481 e. The standard InChI is InChI=1S/C28H51NO6/c1-5-6-7-8-9-10-11-12-13-14-15-16-17-18-19-29(20-23(2)26(30)31,21-24(3)27(32)33)22-25(4)28(34)35/h16-17,23-25H,5-15,18-22H2,1-4H3,(H2-,30,31,32,33,34,35)/p+1/b17-16+. The van der Waals surface area contributed by atoms with Crippen LogP contribution in [0.1, 0.15) is 105 Å². The fourth-order valence-electron chi connectivity index (χ4n) is 4.81. The Balaban J connectivity index is 4.76. The predicted octanol–water partition coefficient (Wildman–Crippen LogP) is 6.22. The first kappa shape index (κ1) is 33.1. The van der Waals surface area contributed by atoms with Gasteiger partial charge in [-0.1, -0.05) is 76.9 Å². The molecule has 0 fully saturated rings. The van der Waals surface area contributed by atoms with Crippen molar-refractivity contribution in [1.29, 1.82) is 0 Å². The van der Waals surface area contributed by atoms with E-state index < -0.39 is 35.7 Å². The summed E-state index contributed by atoms with van der Waals surface area (Å²) in [5.41, 5.74) is 0. The molecule has 0 aliphatic rings. The van der Waals surface area contributed by atoms with Gasteiger partial charge in [-0.3, -0.25) is 14.4 Å². The highest BCUT2D eigenvalue weighted by atomic mass is 16.4. The Morgan fingerprint density at radius 2 is 0.943 bits per heavy atom. The quantitative estimate of drug-likeness (QED) is 0.0875. The van der Waals surface area contributed by atoms with E-state index in [2.05, 4.69) is 19.1 Å². The molecule has 0 saturated carbocycles. The first-order chi connectivity index (χ1) is 16.5. The number of nitrogens with zero attached hydrogens (tertiary/aromatic N) is 1. The van der Waals surface area contributed by atoms with Gasteiger partial charge in [0, 0.05) is 6.42 Å². The lowest BCUT2D eigenvalue weighted by Gasteiger charge is -2.42. The van der Waals surface area contributed by atoms with E-state index in [-0.39, 0.29) is 24.1 Å². The minimum atomic E-state index is -0.949. The summed E-state index contributed by atoms with van der Waals surface area (Å²) in [6.45, 7) is 8.24. The summed E-state index contributed by atoms with van der Waals surface area (Å²) in [5.74, 6) is -4.91. The van der Waals surface area contributed by atoms with Gasteiger partial charge in [0.05, 0.1) is 26.2 Å². The molecule has 0 radical (unpaired) electrons. The molecule has 0 rings (SSSR count). The van der Waals surface area contributed by atoms with Gasteiger partial charge >= 0.3 is 17.9 Å². The van der Waals surface area contributed by atoms with E-state index in [1.165, 1.54) is 57.8 Å². The van der Waals surface area contributed by atoms with Gasteiger partial charge in [-0.25, -0.2) is 0 Å². The molecule has 0 aliphatic heterocycles. The molecule has 0 amide bonds. The van der Waals surface area contributed by atoms with Gasteiger partial charge in [0.1, 0.15) is 17.8 Å². The van der Waals surface area contributed by atoms with Crippen molar-refractivity contribution < 1.29 is 34.2 Å². The molecule has 0 aromatic rings. The fourth-order valence-corrected chi connectivity index (χ4v) is 4.81. The molecule has 0 aromatic heterocycles. The van der Waals surface area contributed by atoms with Crippen LogP contribution in [0.25, 0.3) is 0 Å². The monoisotopic (exact) mass is 498 g/mol. The lowest BCUT2D eigenvalue weighted by molar-refractivity contribution is -0.933. The normalized spacial score (nSPS) is 16.0. The highest BCUT2D eigenvalue weighted by molar-refractivity contribution is 5.70. The van der Waals surface area contributed by atoms with Crippen LogP contribution in [0.15, 0.2) is 12.2 Å². The molecule has 3 unspecified atom stereocenters. The molecule has 35 heavy (non-hydrogen) atoms. The largest absolute Gasteiger partial charge is 0.481 e. The van der Waals surface area contributed by atoms with Crippen LogP contribution in [-0.4, -0.2) is 63.9 Å². The molecule has 7 heteroatoms. The molecule has 3 N–H and O–H groups in total. The van der Waals surface area contributed by atoms with Crippen molar-refractivity contribution in [3.8, 4) is 0 Å². The van der Waals surface area contributed by atoms with Gasteiger partial charge in [-0.15, -0.1) is 0 Å². The number of allylic oxidation sites excluding steroid dienone is 1. The second kappa shape index (κ2) is 19.3. The average molecular weight is 499 g/mol. The molecule has 204 valence electrons. The molecule has 0 aromatic carbocycles. The smallest absolute Gasteiger partial charge is 0.311 e. The van der Waals surface area contributed by atoms with Gasteiger partial charge in [0.2, 0.25) is 0 Å². The summed E-state index contributed by atoms with van der Waals surface area (Å²) < 4.78 is 0.178. The number of hydrogen-bond donors (Lipinski definition) is 3. The summed E-state index contributed by atoms with van der Waals surface area (Å²) in [7, 11) is 0. The third kappa shape index (κ3) is 16.4. The number of aliphatic carboxylic acids is 3. The van der Waals surface area contributed by atoms with E-state index in [0.29, 0.717) is 13.0 Å². The van der Waals surface area contributed by atoms with Crippen LogP contribution in [-0.2, 0) is 14.4 Å². The van der Waals surface area contributed by atoms with Crippen molar-refractivity contribution in [2.75, 3.05) is 26.2 Å². The first-order valence-corrected chi connectivity index (χ1v) is 13.7. The zero-order chi connectivity index (χ0) is 26.7. The van der Waals surface area contributed by atoms with Crippen LogP contribution >= 0.6 is 0 Å². The van der Waals surface area contributed by atoms with Crippen LogP contribution in [0.3, 0.4) is 0 Å². The molecule has 0 heterocycles. The number of rotatable bonds is 23. The van der Waals surface area contributed by atoms with Crippen LogP contribution in [0, 0.1) is 17.8 Å². The maximum Gasteiger partial charge on any atom is 0.311 e. The van der Waals surface area contributed by atoms with Crippen LogP contribution in [0.5, 0.6) is 0 Å². The van der Waals surface area contributed by atoms with Crippen molar-refractivity contribution in [2.45, 2.75) is 105 Å². The Labute approximate surface area is 213 Å². The van der Waals surface area contributed by atoms with E-state index in [4.69, 9.17) is 0 Å². The SMILES string of the molecule is CCCCCCCCCCCC/C=C/CC[N+](CC(C)C(=O)O)(CC(C)C(=O)O)CC(C)C(=O)O. The highest BCUT2D eigenvalue weighted by Gasteiger charge is 2.37. The van der Waals surface area contributed by atoms with Crippen LogP contribution in [0.4, 0.5) is 0 Å². The van der Waals surface area contributed by atoms with E-state index >= 15 is 0 Å². The zero-order valence-electron chi connectivity index (χ0n) is 22.7. The number of unbranched alkanes of at least 4 members (excludes halogenated alkanes) is 10. The van der Waals surface area contributed by atoms with E-state index in [1.54, 1.807) is 20.8 Å². The summed E-state index contributed by atoms with van der Waals surface area (Å²) >= 11 is 0. The van der Waals surface area contributed by atoms with Crippen molar-refractivity contribution in [1.82, 2.24) is 0 Å². The van der Waals surface area contributed by atoms with Gasteiger partial charge in [-0.05, 0) is 33.6 Å². The van der Waals surface area contributed by atoms with Gasteiger partial charge < -0.3 is 19.8 Å². The molecular weight excluding hydrogens is 446 g/mol. The molecular formula is C28H52NO6+. The Kier molecular flexibility index (Phi) is 18.3. The summed E-state index contributed by atoms with van der Waals surface area (Å²) in [5, 5.41) is 28.4. The van der Waals surface area contributed by atoms with Crippen molar-refractivity contribution >= 4 is 17.9 Å². The van der Waals surface area contributed by atoms with Crippen molar-refractivity contribution in [3.63, 3.8) is 0 Å². The summed E-state index contributed by atoms with van der Waals surface area (Å²) in [6.07, 6.45) is 18.9. The predicted molar refractivity (Wildman–Crippen MR) is 140 cm³/mol. The van der Waals surface area contributed by atoms with Crippen molar-refractivity contribution in [3.05, 3.63) is 12.2 Å². The topological polar surface area (TPSA) is 112 Å². The summed E-state index contributed by atoms with van der Waals surface area (Å²) in [6, 6.07) is 0. The van der Waals surface area contributed by atoms with E-state index in [1.807, 2.05) is 0 Å². The Bertz CT molecular complexity index is 578. The van der Waals surface area contributed by atoms with Gasteiger partial charge in [0.25, 0.3) is 0 Å². The second-order valence-corrected chi connectivity index (χ2v) is 10.6. The molecule has 0 aliphatic carbocycles. The Morgan fingerprint density at radius 1 is 0.600 bits per heavy atom. The molecule has 0 saturated heterocycles. The highest BCUT2D eigenvalue weighted by Crippen LogP contribution is 2.21. The number of quaternary nitrogens is 1. The average Bonchev–Trinajstić information content (AvgIpc) is 2.78. The second-order valence-electron chi connectivity index (χ2n) is 10.6. The lowest BCUT2D eigenvalue weighted by Crippen LogP contribution is -2.57. The zero-order valence-corrected chi connectivity index (χ0v) is 22.7. The van der Waals surface area contributed by atoms with Gasteiger partial charge in [0.15, 0.2) is 0 Å². The first-order valence-electron chi connectivity index (χ1n) is 13.7. The van der Waals surface area contributed by atoms with E-state index in [9.17, 15) is 29.7 Å². The molecule has 0 spiro atoms. The minimum absolute atomic E-state index is 0.178. The van der Waals surface area contributed by atoms with Crippen LogP contribution < -0.4 is 0 Å². The Morgan fingerprint density at radius 3 is 1.31 bits per heavy atom. The number of carboxylic acids is 3. The fraction of sp³-hybridized carbons (Fsp3) is 0.821. The third-order valence-electron chi connectivity index (χ3n) is 6.91.